The van der Waals surface area contributed by atoms with Crippen molar-refractivity contribution in [3.05, 3.63) is 11.8 Å². The summed E-state index contributed by atoms with van der Waals surface area (Å²) < 4.78 is 0. The van der Waals surface area contributed by atoms with Crippen LogP contribution >= 0.6 is 11.6 Å². The first kappa shape index (κ1) is 10.9. The van der Waals surface area contributed by atoms with E-state index in [-0.39, 0.29) is 5.38 Å². The molecular formula is C8H15ClOSi. The summed E-state index contributed by atoms with van der Waals surface area (Å²) >= 11 is 5.59. The maximum Gasteiger partial charge on any atom is 0.138 e. The first-order valence-corrected chi connectivity index (χ1v) is 7.74. The highest BCUT2D eigenvalue weighted by Gasteiger charge is 2.07. The van der Waals surface area contributed by atoms with Crippen molar-refractivity contribution in [2.45, 2.75) is 31.4 Å². The third-order valence-electron chi connectivity index (χ3n) is 1.13. The van der Waals surface area contributed by atoms with Crippen LogP contribution in [0.15, 0.2) is 11.8 Å². The van der Waals surface area contributed by atoms with Crippen molar-refractivity contribution >= 4 is 26.0 Å². The van der Waals surface area contributed by atoms with Crippen LogP contribution in [-0.4, -0.2) is 19.7 Å². The van der Waals surface area contributed by atoms with E-state index < -0.39 is 8.07 Å². The molecule has 1 atom stereocenters. The molecule has 0 N–H and O–H groups in total. The molecule has 0 spiro atoms. The van der Waals surface area contributed by atoms with E-state index in [9.17, 15) is 4.79 Å². The van der Waals surface area contributed by atoms with Crippen molar-refractivity contribution in [1.82, 2.24) is 0 Å². The molecule has 0 aromatic heterocycles. The molecule has 64 valence electrons. The first-order valence-electron chi connectivity index (χ1n) is 3.73. The number of hydrogen-bond donors (Lipinski definition) is 0. The Hall–Kier alpha value is -0.0831. The van der Waals surface area contributed by atoms with Crippen LogP contribution in [0.2, 0.25) is 19.6 Å². The molecule has 0 fully saturated rings. The van der Waals surface area contributed by atoms with E-state index in [2.05, 4.69) is 25.3 Å². The third kappa shape index (κ3) is 7.82. The predicted molar refractivity (Wildman–Crippen MR) is 52.8 cm³/mol. The van der Waals surface area contributed by atoms with Gasteiger partial charge in [-0.3, -0.25) is 0 Å². The topological polar surface area (TPSA) is 17.1 Å². The van der Waals surface area contributed by atoms with Crippen molar-refractivity contribution in [3.63, 3.8) is 0 Å². The molecule has 0 radical (unpaired) electrons. The van der Waals surface area contributed by atoms with Gasteiger partial charge in [0, 0.05) is 0 Å². The fourth-order valence-corrected chi connectivity index (χ4v) is 1.55. The van der Waals surface area contributed by atoms with Gasteiger partial charge in [-0.2, -0.15) is 0 Å². The molecule has 1 nitrogen and oxygen atoms in total. The Morgan fingerprint density at radius 1 is 1.45 bits per heavy atom. The number of halogens is 1. The molecule has 0 saturated carbocycles. The molecule has 0 saturated heterocycles. The fraction of sp³-hybridized carbons (Fsp3) is 0.625. The van der Waals surface area contributed by atoms with Crippen LogP contribution in [0.25, 0.3) is 0 Å². The predicted octanol–water partition coefficient (Wildman–Crippen LogP) is 2.62. The van der Waals surface area contributed by atoms with Crippen molar-refractivity contribution in [2.24, 2.45) is 0 Å². The normalized spacial score (nSPS) is 15.3. The number of alkyl halides is 1. The van der Waals surface area contributed by atoms with Crippen molar-refractivity contribution in [1.29, 1.82) is 0 Å². The fourth-order valence-electron chi connectivity index (χ4n) is 0.607. The Labute approximate surface area is 74.5 Å². The minimum Gasteiger partial charge on any atom is -0.302 e. The Morgan fingerprint density at radius 2 is 2.00 bits per heavy atom. The number of aldehydes is 1. The van der Waals surface area contributed by atoms with Gasteiger partial charge in [-0.25, -0.2) is 0 Å². The second-order valence-electron chi connectivity index (χ2n) is 3.66. The molecule has 0 aliphatic rings. The smallest absolute Gasteiger partial charge is 0.138 e. The van der Waals surface area contributed by atoms with Gasteiger partial charge in [-0.05, 0) is 6.42 Å². The summed E-state index contributed by atoms with van der Waals surface area (Å²) in [6.07, 6.45) is 3.45. The lowest BCUT2D eigenvalue weighted by Crippen LogP contribution is -2.15. The molecule has 0 heterocycles. The van der Waals surface area contributed by atoms with Crippen LogP contribution < -0.4 is 0 Å². The van der Waals surface area contributed by atoms with Crippen LogP contribution in [0, 0.1) is 0 Å². The molecule has 0 amide bonds. The van der Waals surface area contributed by atoms with Gasteiger partial charge in [0.15, 0.2) is 0 Å². The van der Waals surface area contributed by atoms with E-state index in [4.69, 9.17) is 11.6 Å². The number of carbonyl (C=O) groups is 1. The lowest BCUT2D eigenvalue weighted by molar-refractivity contribution is -0.107. The lowest BCUT2D eigenvalue weighted by atomic mass is 10.3. The maximum atomic E-state index is 10.1. The Kier molecular flexibility index (Phi) is 4.69. The van der Waals surface area contributed by atoms with Gasteiger partial charge >= 0.3 is 0 Å². The van der Waals surface area contributed by atoms with Crippen LogP contribution in [-0.2, 0) is 4.79 Å². The van der Waals surface area contributed by atoms with Gasteiger partial charge in [0.05, 0.1) is 13.5 Å². The zero-order valence-electron chi connectivity index (χ0n) is 7.30. The number of carbonyl (C=O) groups excluding carboxylic acids is 1. The summed E-state index contributed by atoms with van der Waals surface area (Å²) in [7, 11) is -1.09. The molecule has 3 heteroatoms. The number of hydrogen-bond acceptors (Lipinski definition) is 1. The highest BCUT2D eigenvalue weighted by molar-refractivity contribution is 6.80. The second kappa shape index (κ2) is 4.73. The molecule has 0 bridgehead atoms. The summed E-state index contributed by atoms with van der Waals surface area (Å²) in [5.74, 6) is 0. The Bertz CT molecular complexity index is 149. The highest BCUT2D eigenvalue weighted by atomic mass is 35.5. The van der Waals surface area contributed by atoms with Crippen LogP contribution in [0.1, 0.15) is 6.42 Å². The molecule has 0 aliphatic heterocycles. The quantitative estimate of drug-likeness (QED) is 0.379. The van der Waals surface area contributed by atoms with E-state index in [0.29, 0.717) is 6.42 Å². The SMILES string of the molecule is C[Si](C)(C)/C=C\C[C@H](Cl)C=O. The van der Waals surface area contributed by atoms with Crippen molar-refractivity contribution in [3.8, 4) is 0 Å². The van der Waals surface area contributed by atoms with Gasteiger partial charge in [-0.1, -0.05) is 31.4 Å². The summed E-state index contributed by atoms with van der Waals surface area (Å²) in [6, 6.07) is 0. The molecule has 0 rings (SSSR count). The van der Waals surface area contributed by atoms with E-state index in [1.807, 2.05) is 6.08 Å². The molecule has 0 aliphatic carbocycles. The number of allylic oxidation sites excluding steroid dienone is 1. The largest absolute Gasteiger partial charge is 0.302 e. The van der Waals surface area contributed by atoms with Gasteiger partial charge in [0.25, 0.3) is 0 Å². The van der Waals surface area contributed by atoms with E-state index in [1.54, 1.807) is 0 Å². The van der Waals surface area contributed by atoms with Crippen molar-refractivity contribution in [2.75, 3.05) is 0 Å². The molecule has 0 unspecified atom stereocenters. The standard InChI is InChI=1S/C8H15ClOSi/c1-11(2,3)6-4-5-8(9)7-10/h4,6-8H,5H2,1-3H3/b6-4-/t8-/m0/s1. The lowest BCUT2D eigenvalue weighted by Gasteiger charge is -2.07. The Morgan fingerprint density at radius 3 is 2.36 bits per heavy atom. The van der Waals surface area contributed by atoms with Crippen LogP contribution in [0.4, 0.5) is 0 Å². The molecule has 11 heavy (non-hydrogen) atoms. The van der Waals surface area contributed by atoms with Gasteiger partial charge < -0.3 is 4.79 Å². The molecular weight excluding hydrogens is 176 g/mol. The maximum absolute atomic E-state index is 10.1. The highest BCUT2D eigenvalue weighted by Crippen LogP contribution is 2.05. The van der Waals surface area contributed by atoms with Gasteiger partial charge in [0.1, 0.15) is 6.29 Å². The van der Waals surface area contributed by atoms with Crippen molar-refractivity contribution < 1.29 is 4.79 Å². The average Bonchev–Trinajstić information content (AvgIpc) is 1.85. The summed E-state index contributed by atoms with van der Waals surface area (Å²) in [5.41, 5.74) is 2.20. The number of rotatable bonds is 4. The summed E-state index contributed by atoms with van der Waals surface area (Å²) in [5, 5.41) is -0.345. The third-order valence-corrected chi connectivity index (χ3v) is 2.64. The first-order chi connectivity index (χ1) is 4.95. The van der Waals surface area contributed by atoms with E-state index in [0.717, 1.165) is 6.29 Å². The summed E-state index contributed by atoms with van der Waals surface area (Å²) in [6.45, 7) is 6.73. The van der Waals surface area contributed by atoms with Gasteiger partial charge in [-0.15, -0.1) is 11.6 Å². The van der Waals surface area contributed by atoms with E-state index in [1.165, 1.54) is 0 Å². The van der Waals surface area contributed by atoms with Crippen LogP contribution in [0.5, 0.6) is 0 Å². The minimum absolute atomic E-state index is 0.345. The van der Waals surface area contributed by atoms with Gasteiger partial charge in [0.2, 0.25) is 0 Å². The monoisotopic (exact) mass is 190 g/mol. The second-order valence-corrected chi connectivity index (χ2v) is 9.28. The van der Waals surface area contributed by atoms with Crippen LogP contribution in [0.3, 0.4) is 0 Å². The molecule has 0 aromatic rings. The Balaban J connectivity index is 3.69. The average molecular weight is 191 g/mol. The zero-order valence-corrected chi connectivity index (χ0v) is 9.06. The molecule has 0 aromatic carbocycles. The van der Waals surface area contributed by atoms with E-state index >= 15 is 0 Å². The summed E-state index contributed by atoms with van der Waals surface area (Å²) in [4.78, 5) is 10.1. The minimum atomic E-state index is -1.09. The zero-order chi connectivity index (χ0) is 8.91.